The van der Waals surface area contributed by atoms with E-state index in [1.54, 1.807) is 18.5 Å². The molecule has 1 amide bonds. The fourth-order valence-electron chi connectivity index (χ4n) is 2.08. The molecule has 4 nitrogen and oxygen atoms in total. The van der Waals surface area contributed by atoms with Gasteiger partial charge in [-0.3, -0.25) is 4.79 Å². The SMILES string of the molecule is Cc1cc(Sc2ncccn2)ccc1NC(=O)c1ccc(I)cc1. The van der Waals surface area contributed by atoms with E-state index in [0.717, 1.165) is 19.7 Å². The number of nitrogens with zero attached hydrogens (tertiary/aromatic N) is 2. The molecule has 120 valence electrons. The maximum atomic E-state index is 12.3. The van der Waals surface area contributed by atoms with Gasteiger partial charge in [-0.05, 0) is 95.4 Å². The summed E-state index contributed by atoms with van der Waals surface area (Å²) in [4.78, 5) is 21.8. The molecule has 3 aromatic rings. The number of hydrogen-bond donors (Lipinski definition) is 1. The van der Waals surface area contributed by atoms with Gasteiger partial charge in [-0.15, -0.1) is 0 Å². The highest BCUT2D eigenvalue weighted by Crippen LogP contribution is 2.28. The summed E-state index contributed by atoms with van der Waals surface area (Å²) in [6.07, 6.45) is 3.44. The molecule has 1 aromatic heterocycles. The summed E-state index contributed by atoms with van der Waals surface area (Å²) in [6.45, 7) is 1.97. The number of nitrogens with one attached hydrogen (secondary N) is 1. The van der Waals surface area contributed by atoms with E-state index in [1.165, 1.54) is 11.8 Å². The number of hydrogen-bond acceptors (Lipinski definition) is 4. The predicted octanol–water partition coefficient (Wildman–Crippen LogP) is 4.79. The first-order valence-corrected chi connectivity index (χ1v) is 9.14. The molecule has 3 rings (SSSR count). The lowest BCUT2D eigenvalue weighted by Crippen LogP contribution is -2.12. The number of halogens is 1. The summed E-state index contributed by atoms with van der Waals surface area (Å²) < 4.78 is 1.10. The van der Waals surface area contributed by atoms with Gasteiger partial charge in [0.15, 0.2) is 5.16 Å². The molecule has 0 bridgehead atoms. The normalized spacial score (nSPS) is 10.4. The van der Waals surface area contributed by atoms with Gasteiger partial charge in [0.1, 0.15) is 0 Å². The van der Waals surface area contributed by atoms with Crippen molar-refractivity contribution in [3.05, 3.63) is 75.6 Å². The second-order valence-corrected chi connectivity index (χ2v) is 7.36. The van der Waals surface area contributed by atoms with E-state index in [-0.39, 0.29) is 5.91 Å². The van der Waals surface area contributed by atoms with Crippen LogP contribution in [0.15, 0.2) is 71.0 Å². The second-order valence-electron chi connectivity index (χ2n) is 5.07. The molecule has 0 unspecified atom stereocenters. The van der Waals surface area contributed by atoms with Crippen LogP contribution in [0.3, 0.4) is 0 Å². The zero-order valence-electron chi connectivity index (χ0n) is 12.9. The van der Waals surface area contributed by atoms with E-state index in [1.807, 2.05) is 49.4 Å². The van der Waals surface area contributed by atoms with Crippen molar-refractivity contribution >= 4 is 45.9 Å². The molecule has 0 spiro atoms. The van der Waals surface area contributed by atoms with Crippen LogP contribution < -0.4 is 5.32 Å². The second kappa shape index (κ2) is 7.76. The molecular weight excluding hydrogens is 433 g/mol. The molecule has 0 saturated carbocycles. The van der Waals surface area contributed by atoms with E-state index in [2.05, 4.69) is 37.9 Å². The minimum atomic E-state index is -0.110. The van der Waals surface area contributed by atoms with Crippen LogP contribution in [0.1, 0.15) is 15.9 Å². The summed E-state index contributed by atoms with van der Waals surface area (Å²) >= 11 is 3.71. The summed E-state index contributed by atoms with van der Waals surface area (Å²) in [5.74, 6) is -0.110. The number of carbonyl (C=O) groups excluding carboxylic acids is 1. The average Bonchev–Trinajstić information content (AvgIpc) is 2.59. The van der Waals surface area contributed by atoms with Crippen molar-refractivity contribution < 1.29 is 4.79 Å². The van der Waals surface area contributed by atoms with Crippen molar-refractivity contribution in [3.63, 3.8) is 0 Å². The largest absolute Gasteiger partial charge is 0.322 e. The van der Waals surface area contributed by atoms with Gasteiger partial charge in [0.25, 0.3) is 5.91 Å². The zero-order valence-corrected chi connectivity index (χ0v) is 15.8. The molecule has 0 fully saturated rings. The third-order valence-corrected chi connectivity index (χ3v) is 4.91. The van der Waals surface area contributed by atoms with E-state index < -0.39 is 0 Å². The van der Waals surface area contributed by atoms with Gasteiger partial charge in [0.05, 0.1) is 0 Å². The molecule has 0 aliphatic rings. The Balaban J connectivity index is 1.73. The lowest BCUT2D eigenvalue weighted by Gasteiger charge is -2.10. The monoisotopic (exact) mass is 447 g/mol. The number of amides is 1. The van der Waals surface area contributed by atoms with Crippen LogP contribution in [0.4, 0.5) is 5.69 Å². The Morgan fingerprint density at radius 2 is 1.79 bits per heavy atom. The van der Waals surface area contributed by atoms with Gasteiger partial charge >= 0.3 is 0 Å². The van der Waals surface area contributed by atoms with Crippen molar-refractivity contribution in [2.24, 2.45) is 0 Å². The summed E-state index contributed by atoms with van der Waals surface area (Å²) in [5.41, 5.74) is 2.44. The fourth-order valence-corrected chi connectivity index (χ4v) is 3.25. The summed E-state index contributed by atoms with van der Waals surface area (Å²) in [5, 5.41) is 3.66. The molecule has 2 aromatic carbocycles. The number of aryl methyl sites for hydroxylation is 1. The number of anilines is 1. The van der Waals surface area contributed by atoms with Crippen molar-refractivity contribution in [1.82, 2.24) is 9.97 Å². The smallest absolute Gasteiger partial charge is 0.255 e. The Hall–Kier alpha value is -1.93. The van der Waals surface area contributed by atoms with Crippen LogP contribution in [-0.4, -0.2) is 15.9 Å². The minimum absolute atomic E-state index is 0.110. The van der Waals surface area contributed by atoms with Crippen LogP contribution >= 0.6 is 34.4 Å². The van der Waals surface area contributed by atoms with E-state index in [9.17, 15) is 4.79 Å². The van der Waals surface area contributed by atoms with Crippen molar-refractivity contribution in [2.45, 2.75) is 17.0 Å². The van der Waals surface area contributed by atoms with Crippen molar-refractivity contribution in [3.8, 4) is 0 Å². The summed E-state index contributed by atoms with van der Waals surface area (Å²) in [6, 6.07) is 15.2. The minimum Gasteiger partial charge on any atom is -0.322 e. The van der Waals surface area contributed by atoms with Crippen LogP contribution in [0.25, 0.3) is 0 Å². The Morgan fingerprint density at radius 1 is 1.08 bits per heavy atom. The molecule has 0 atom stereocenters. The molecule has 1 heterocycles. The molecular formula is C18H14IN3OS. The van der Waals surface area contributed by atoms with Gasteiger partial charge in [-0.2, -0.15) is 0 Å². The maximum absolute atomic E-state index is 12.3. The fraction of sp³-hybridized carbons (Fsp3) is 0.0556. The highest BCUT2D eigenvalue weighted by molar-refractivity contribution is 14.1. The number of rotatable bonds is 4. The highest BCUT2D eigenvalue weighted by atomic mass is 127. The van der Waals surface area contributed by atoms with Gasteiger partial charge < -0.3 is 5.32 Å². The molecule has 0 saturated heterocycles. The molecule has 24 heavy (non-hydrogen) atoms. The molecule has 0 radical (unpaired) electrons. The Labute approximate surface area is 158 Å². The third kappa shape index (κ3) is 4.33. The van der Waals surface area contributed by atoms with Crippen LogP contribution in [0.5, 0.6) is 0 Å². The lowest BCUT2D eigenvalue weighted by molar-refractivity contribution is 0.102. The standard InChI is InChI=1S/C18H14IN3OS/c1-12-11-15(24-18-20-9-2-10-21-18)7-8-16(12)22-17(23)13-3-5-14(19)6-4-13/h2-11H,1H3,(H,22,23). The lowest BCUT2D eigenvalue weighted by atomic mass is 10.1. The van der Waals surface area contributed by atoms with E-state index in [0.29, 0.717) is 10.7 Å². The Kier molecular flexibility index (Phi) is 5.47. The maximum Gasteiger partial charge on any atom is 0.255 e. The van der Waals surface area contributed by atoms with Gasteiger partial charge in [0, 0.05) is 32.1 Å². The van der Waals surface area contributed by atoms with Crippen LogP contribution in [0, 0.1) is 10.5 Å². The first-order chi connectivity index (χ1) is 11.6. The van der Waals surface area contributed by atoms with Gasteiger partial charge in [-0.1, -0.05) is 0 Å². The topological polar surface area (TPSA) is 54.9 Å². The zero-order chi connectivity index (χ0) is 16.9. The first kappa shape index (κ1) is 16.9. The predicted molar refractivity (Wildman–Crippen MR) is 104 cm³/mol. The van der Waals surface area contributed by atoms with Crippen LogP contribution in [-0.2, 0) is 0 Å². The Bertz CT molecular complexity index is 854. The third-order valence-electron chi connectivity index (χ3n) is 3.30. The average molecular weight is 447 g/mol. The van der Waals surface area contributed by atoms with Crippen LogP contribution in [0.2, 0.25) is 0 Å². The molecule has 0 aliphatic heterocycles. The highest BCUT2D eigenvalue weighted by Gasteiger charge is 2.09. The quantitative estimate of drug-likeness (QED) is 0.462. The first-order valence-electron chi connectivity index (χ1n) is 7.24. The molecule has 1 N–H and O–H groups in total. The molecule has 0 aliphatic carbocycles. The van der Waals surface area contributed by atoms with Crippen molar-refractivity contribution in [1.29, 1.82) is 0 Å². The number of aromatic nitrogens is 2. The van der Waals surface area contributed by atoms with Gasteiger partial charge in [0.2, 0.25) is 0 Å². The molecule has 6 heteroatoms. The van der Waals surface area contributed by atoms with E-state index in [4.69, 9.17) is 0 Å². The summed E-state index contributed by atoms with van der Waals surface area (Å²) in [7, 11) is 0. The Morgan fingerprint density at radius 3 is 2.46 bits per heavy atom. The number of benzene rings is 2. The number of carbonyl (C=O) groups is 1. The van der Waals surface area contributed by atoms with Crippen molar-refractivity contribution in [2.75, 3.05) is 5.32 Å². The van der Waals surface area contributed by atoms with E-state index >= 15 is 0 Å². The van der Waals surface area contributed by atoms with Gasteiger partial charge in [-0.25, -0.2) is 9.97 Å².